The largest absolute Gasteiger partial charge is 0.486 e. The fourth-order valence-corrected chi connectivity index (χ4v) is 3.59. The van der Waals surface area contributed by atoms with Gasteiger partial charge in [-0.1, -0.05) is 43.5 Å². The highest BCUT2D eigenvalue weighted by molar-refractivity contribution is 5.66. The third-order valence-corrected chi connectivity index (χ3v) is 5.06. The Morgan fingerprint density at radius 1 is 0.852 bits per heavy atom. The average molecular weight is 378 g/mol. The first kappa shape index (κ1) is 19.5. The molecule has 0 bridgehead atoms. The van der Waals surface area contributed by atoms with E-state index in [0.29, 0.717) is 5.56 Å². The van der Waals surface area contributed by atoms with Crippen molar-refractivity contribution in [2.45, 2.75) is 44.9 Å². The molecule has 1 fully saturated rings. The number of hydrogen-bond donors (Lipinski definition) is 0. The summed E-state index contributed by atoms with van der Waals surface area (Å²) >= 11 is 0. The minimum atomic E-state index is -1.25. The second-order valence-electron chi connectivity index (χ2n) is 6.78. The minimum Gasteiger partial charge on any atom is -0.486 e. The van der Waals surface area contributed by atoms with Crippen molar-refractivity contribution < 1.29 is 22.3 Å². The Hall–Kier alpha value is -2.30. The predicted molar refractivity (Wildman–Crippen MR) is 97.8 cm³/mol. The number of benzene rings is 2. The van der Waals surface area contributed by atoms with Gasteiger partial charge in [0.2, 0.25) is 5.82 Å². The van der Waals surface area contributed by atoms with Crippen LogP contribution in [0.15, 0.2) is 36.4 Å². The van der Waals surface area contributed by atoms with Crippen molar-refractivity contribution in [1.29, 1.82) is 0 Å². The summed E-state index contributed by atoms with van der Waals surface area (Å²) in [5, 5.41) is 0. The van der Waals surface area contributed by atoms with Crippen molar-refractivity contribution in [3.63, 3.8) is 0 Å². The van der Waals surface area contributed by atoms with Gasteiger partial charge in [-0.3, -0.25) is 0 Å². The molecule has 5 heteroatoms. The van der Waals surface area contributed by atoms with E-state index in [4.69, 9.17) is 4.74 Å². The van der Waals surface area contributed by atoms with Crippen LogP contribution in [-0.4, -0.2) is 6.61 Å². The molecule has 0 amide bonds. The van der Waals surface area contributed by atoms with E-state index in [1.54, 1.807) is 19.1 Å². The minimum absolute atomic E-state index is 0.0220. The first-order chi connectivity index (χ1) is 13.0. The van der Waals surface area contributed by atoms with Gasteiger partial charge in [-0.25, -0.2) is 13.2 Å². The molecule has 0 aliphatic heterocycles. The second kappa shape index (κ2) is 8.59. The summed E-state index contributed by atoms with van der Waals surface area (Å²) in [7, 11) is 0. The van der Waals surface area contributed by atoms with Gasteiger partial charge in [-0.2, -0.15) is 4.39 Å². The number of ether oxygens (including phenoxy) is 1. The summed E-state index contributed by atoms with van der Waals surface area (Å²) in [6.07, 6.45) is 8.07. The molecule has 0 radical (unpaired) electrons. The summed E-state index contributed by atoms with van der Waals surface area (Å²) in [4.78, 5) is 0. The normalized spacial score (nSPS) is 15.4. The van der Waals surface area contributed by atoms with E-state index in [9.17, 15) is 17.6 Å². The third kappa shape index (κ3) is 4.02. The summed E-state index contributed by atoms with van der Waals surface area (Å²) in [6, 6.07) is 5.27. The van der Waals surface area contributed by atoms with Crippen molar-refractivity contribution >= 4 is 0 Å². The van der Waals surface area contributed by atoms with Crippen LogP contribution in [0, 0.1) is 23.3 Å². The van der Waals surface area contributed by atoms with Gasteiger partial charge in [0, 0.05) is 11.1 Å². The average Bonchev–Trinajstić information content (AvgIpc) is 2.69. The lowest BCUT2D eigenvalue weighted by atomic mass is 9.83. The van der Waals surface area contributed by atoms with Crippen LogP contribution in [0.3, 0.4) is 0 Å². The first-order valence-corrected chi connectivity index (χ1v) is 9.24. The Morgan fingerprint density at radius 2 is 1.48 bits per heavy atom. The summed E-state index contributed by atoms with van der Waals surface area (Å²) in [5.74, 6) is -4.86. The zero-order valence-electron chi connectivity index (χ0n) is 15.2. The Kier molecular flexibility index (Phi) is 6.19. The van der Waals surface area contributed by atoms with Crippen LogP contribution >= 0.6 is 0 Å². The zero-order chi connectivity index (χ0) is 19.4. The van der Waals surface area contributed by atoms with Crippen LogP contribution in [-0.2, 0) is 0 Å². The van der Waals surface area contributed by atoms with Crippen LogP contribution in [0.25, 0.3) is 11.1 Å². The molecule has 0 aromatic heterocycles. The molecule has 3 rings (SSSR count). The van der Waals surface area contributed by atoms with E-state index in [0.717, 1.165) is 32.1 Å². The Bertz CT molecular complexity index is 839. The number of halogens is 4. The summed E-state index contributed by atoms with van der Waals surface area (Å²) in [5.41, 5.74) is -0.288. The van der Waals surface area contributed by atoms with Crippen LogP contribution in [0.4, 0.5) is 17.6 Å². The van der Waals surface area contributed by atoms with Crippen LogP contribution in [0.1, 0.15) is 50.5 Å². The fourth-order valence-electron chi connectivity index (χ4n) is 3.59. The highest BCUT2D eigenvalue weighted by Gasteiger charge is 2.25. The van der Waals surface area contributed by atoms with Gasteiger partial charge in [0.1, 0.15) is 6.61 Å². The maximum absolute atomic E-state index is 14.7. The van der Waals surface area contributed by atoms with Crippen molar-refractivity contribution in [1.82, 2.24) is 0 Å². The van der Waals surface area contributed by atoms with Gasteiger partial charge < -0.3 is 4.74 Å². The summed E-state index contributed by atoms with van der Waals surface area (Å²) < 4.78 is 63.1. The monoisotopic (exact) mass is 378 g/mol. The molecule has 1 aliphatic rings. The third-order valence-electron chi connectivity index (χ3n) is 5.06. The Morgan fingerprint density at radius 3 is 2.15 bits per heavy atom. The van der Waals surface area contributed by atoms with Gasteiger partial charge in [-0.15, -0.1) is 0 Å². The Balaban J connectivity index is 1.94. The van der Waals surface area contributed by atoms with Gasteiger partial charge in [0.05, 0.1) is 0 Å². The first-order valence-electron chi connectivity index (χ1n) is 9.24. The standard InChI is InChI=1S/C22H22F4O/c1-2-3-13-27-18-12-11-17(21(25)22(18)26)16-10-9-15(19(23)20(16)24)14-7-5-4-6-8-14/h2-3,9-12,14H,4-8,13H2,1H3/b3-2+. The van der Waals surface area contributed by atoms with Crippen molar-refractivity contribution in [3.8, 4) is 16.9 Å². The molecule has 1 aliphatic carbocycles. The number of rotatable bonds is 5. The van der Waals surface area contributed by atoms with E-state index >= 15 is 0 Å². The smallest absolute Gasteiger partial charge is 0.201 e. The molecule has 0 saturated heterocycles. The van der Waals surface area contributed by atoms with Crippen molar-refractivity contribution in [2.75, 3.05) is 6.61 Å². The molecule has 1 saturated carbocycles. The van der Waals surface area contributed by atoms with E-state index < -0.39 is 23.3 Å². The zero-order valence-corrected chi connectivity index (χ0v) is 15.2. The van der Waals surface area contributed by atoms with Gasteiger partial charge in [-0.05, 0) is 43.4 Å². The molecule has 2 aromatic carbocycles. The molecule has 0 spiro atoms. The topological polar surface area (TPSA) is 9.23 Å². The summed E-state index contributed by atoms with van der Waals surface area (Å²) in [6.45, 7) is 1.86. The van der Waals surface area contributed by atoms with Gasteiger partial charge in [0.25, 0.3) is 0 Å². The number of allylic oxidation sites excluding steroid dienone is 1. The molecule has 1 nitrogen and oxygen atoms in total. The quantitative estimate of drug-likeness (QED) is 0.406. The van der Waals surface area contributed by atoms with Crippen LogP contribution in [0.5, 0.6) is 5.75 Å². The molecular weight excluding hydrogens is 356 g/mol. The second-order valence-corrected chi connectivity index (χ2v) is 6.78. The van der Waals surface area contributed by atoms with E-state index in [1.165, 1.54) is 24.3 Å². The predicted octanol–water partition coefficient (Wildman–Crippen LogP) is 6.91. The molecule has 144 valence electrons. The lowest BCUT2D eigenvalue weighted by Gasteiger charge is -2.23. The van der Waals surface area contributed by atoms with E-state index in [2.05, 4.69) is 0 Å². The Labute approximate surface area is 156 Å². The lowest BCUT2D eigenvalue weighted by molar-refractivity contribution is 0.332. The molecule has 2 aromatic rings. The van der Waals surface area contributed by atoms with Crippen LogP contribution in [0.2, 0.25) is 0 Å². The van der Waals surface area contributed by atoms with Crippen molar-refractivity contribution in [2.24, 2.45) is 0 Å². The SMILES string of the molecule is C/C=C/COc1ccc(-c2ccc(C3CCCCC3)c(F)c2F)c(F)c1F. The maximum atomic E-state index is 14.7. The number of hydrogen-bond acceptors (Lipinski definition) is 1. The highest BCUT2D eigenvalue weighted by atomic mass is 19.2. The fraction of sp³-hybridized carbons (Fsp3) is 0.364. The van der Waals surface area contributed by atoms with Crippen LogP contribution < -0.4 is 4.74 Å². The molecular formula is C22H22F4O. The molecule has 0 heterocycles. The molecule has 0 N–H and O–H groups in total. The molecule has 27 heavy (non-hydrogen) atoms. The lowest BCUT2D eigenvalue weighted by Crippen LogP contribution is -2.08. The van der Waals surface area contributed by atoms with E-state index in [1.807, 2.05) is 0 Å². The highest BCUT2D eigenvalue weighted by Crippen LogP contribution is 2.38. The van der Waals surface area contributed by atoms with Gasteiger partial charge in [0.15, 0.2) is 23.2 Å². The van der Waals surface area contributed by atoms with E-state index in [-0.39, 0.29) is 29.4 Å². The maximum Gasteiger partial charge on any atom is 0.201 e. The molecule has 0 atom stereocenters. The molecule has 0 unspecified atom stereocenters. The van der Waals surface area contributed by atoms with Crippen molar-refractivity contribution in [3.05, 3.63) is 65.2 Å². The van der Waals surface area contributed by atoms with Gasteiger partial charge >= 0.3 is 0 Å².